The van der Waals surface area contributed by atoms with Gasteiger partial charge in [-0.05, 0) is 52.2 Å². The van der Waals surface area contributed by atoms with E-state index < -0.39 is 0 Å². The fourth-order valence-corrected chi connectivity index (χ4v) is 4.85. The molecule has 4 aromatic carbocycles. The molecule has 2 heterocycles. The Kier molecular flexibility index (Phi) is 4.30. The summed E-state index contributed by atoms with van der Waals surface area (Å²) < 4.78 is 5.76. The van der Waals surface area contributed by atoms with Crippen molar-refractivity contribution in [1.82, 2.24) is 0 Å². The average molecular weight is 432 g/mol. The summed E-state index contributed by atoms with van der Waals surface area (Å²) in [5.41, 5.74) is 5.23. The van der Waals surface area contributed by atoms with Crippen molar-refractivity contribution in [3.05, 3.63) is 112 Å². The van der Waals surface area contributed by atoms with Crippen molar-refractivity contribution in [3.63, 3.8) is 0 Å². The van der Waals surface area contributed by atoms with Crippen molar-refractivity contribution in [1.29, 1.82) is 0 Å². The molecule has 1 aromatic heterocycles. The van der Waals surface area contributed by atoms with Crippen LogP contribution >= 0.6 is 0 Å². The van der Waals surface area contributed by atoms with E-state index >= 15 is 0 Å². The van der Waals surface area contributed by atoms with Crippen LogP contribution in [0, 0.1) is 0 Å². The number of para-hydroxylation sites is 1. The van der Waals surface area contributed by atoms with Gasteiger partial charge in [-0.25, -0.2) is 4.79 Å². The third-order valence-electron chi connectivity index (χ3n) is 6.22. The molecule has 160 valence electrons. The van der Waals surface area contributed by atoms with E-state index in [4.69, 9.17) is 4.42 Å². The second-order valence-corrected chi connectivity index (χ2v) is 8.28. The fraction of sp³-hybridized carbons (Fsp3) is 0.0714. The molecule has 6 rings (SSSR count). The molecule has 2 N–H and O–H groups in total. The number of rotatable bonds is 2. The van der Waals surface area contributed by atoms with Gasteiger partial charge in [0.05, 0.1) is 11.3 Å². The van der Waals surface area contributed by atoms with Crippen LogP contribution in [-0.2, 0) is 4.79 Å². The van der Waals surface area contributed by atoms with Crippen molar-refractivity contribution >= 4 is 44.7 Å². The van der Waals surface area contributed by atoms with E-state index in [0.717, 1.165) is 38.7 Å². The molecular formula is C28H20N2O3. The van der Waals surface area contributed by atoms with Crippen LogP contribution in [0.2, 0.25) is 0 Å². The van der Waals surface area contributed by atoms with Gasteiger partial charge in [-0.15, -0.1) is 0 Å². The molecular weight excluding hydrogens is 412 g/mol. The molecule has 1 amide bonds. The standard InChI is InChI=1S/C28H20N2O3/c1-16(31)29-19-13-10-18(11-14-19)24-25-20-7-3-2-6-17(20)12-15-22(25)30-27-21-8-4-5-9-23(21)33-28(32)26(24)27/h2-15,24,30H,1H3,(H,29,31)/t24-/m1/s1. The number of amides is 1. The Balaban J connectivity index is 1.67. The molecule has 5 heteroatoms. The van der Waals surface area contributed by atoms with Crippen molar-refractivity contribution < 1.29 is 9.21 Å². The molecule has 0 spiro atoms. The molecule has 0 saturated carbocycles. The predicted molar refractivity (Wildman–Crippen MR) is 131 cm³/mol. The van der Waals surface area contributed by atoms with Gasteiger partial charge < -0.3 is 15.1 Å². The van der Waals surface area contributed by atoms with E-state index in [1.807, 2.05) is 60.7 Å². The second kappa shape index (κ2) is 7.35. The first kappa shape index (κ1) is 19.3. The minimum Gasteiger partial charge on any atom is -0.422 e. The highest BCUT2D eigenvalue weighted by molar-refractivity contribution is 6.00. The van der Waals surface area contributed by atoms with E-state index in [1.165, 1.54) is 6.92 Å². The Morgan fingerprint density at radius 3 is 2.36 bits per heavy atom. The minimum atomic E-state index is -0.356. The van der Waals surface area contributed by atoms with E-state index in [1.54, 1.807) is 0 Å². The van der Waals surface area contributed by atoms with Gasteiger partial charge in [0.25, 0.3) is 0 Å². The zero-order valence-electron chi connectivity index (χ0n) is 17.9. The first-order valence-electron chi connectivity index (χ1n) is 10.8. The van der Waals surface area contributed by atoms with E-state index in [-0.39, 0.29) is 17.5 Å². The number of hydrogen-bond acceptors (Lipinski definition) is 4. The summed E-state index contributed by atoms with van der Waals surface area (Å²) >= 11 is 0. The Morgan fingerprint density at radius 2 is 1.58 bits per heavy atom. The monoisotopic (exact) mass is 432 g/mol. The Labute approximate surface area is 189 Å². The quantitative estimate of drug-likeness (QED) is 0.322. The lowest BCUT2D eigenvalue weighted by Gasteiger charge is -2.30. The van der Waals surface area contributed by atoms with Crippen molar-refractivity contribution in [2.45, 2.75) is 12.8 Å². The third kappa shape index (κ3) is 3.09. The normalized spacial score (nSPS) is 14.4. The number of benzene rings is 4. The lowest BCUT2D eigenvalue weighted by Crippen LogP contribution is -2.22. The van der Waals surface area contributed by atoms with Crippen molar-refractivity contribution in [3.8, 4) is 0 Å². The number of carbonyl (C=O) groups excluding carboxylic acids is 1. The summed E-state index contributed by atoms with van der Waals surface area (Å²) in [6, 6.07) is 27.6. The first-order valence-corrected chi connectivity index (χ1v) is 10.8. The third-order valence-corrected chi connectivity index (χ3v) is 6.22. The highest BCUT2D eigenvalue weighted by Gasteiger charge is 2.33. The summed E-state index contributed by atoms with van der Waals surface area (Å²) in [6.45, 7) is 1.48. The maximum absolute atomic E-state index is 13.4. The van der Waals surface area contributed by atoms with E-state index in [9.17, 15) is 9.59 Å². The Hall–Kier alpha value is -4.38. The molecule has 0 unspecified atom stereocenters. The maximum Gasteiger partial charge on any atom is 0.342 e. The van der Waals surface area contributed by atoms with Crippen LogP contribution in [0.15, 0.2) is 94.1 Å². The average Bonchev–Trinajstić information content (AvgIpc) is 2.83. The summed E-state index contributed by atoms with van der Waals surface area (Å²) in [7, 11) is 0. The smallest absolute Gasteiger partial charge is 0.342 e. The van der Waals surface area contributed by atoms with Crippen LogP contribution in [0.25, 0.3) is 21.7 Å². The van der Waals surface area contributed by atoms with Gasteiger partial charge in [0.15, 0.2) is 0 Å². The highest BCUT2D eigenvalue weighted by atomic mass is 16.4. The van der Waals surface area contributed by atoms with Crippen LogP contribution in [0.5, 0.6) is 0 Å². The second-order valence-electron chi connectivity index (χ2n) is 8.28. The molecule has 1 aliphatic heterocycles. The molecule has 1 aliphatic rings. The van der Waals surface area contributed by atoms with Gasteiger partial charge in [-0.1, -0.05) is 54.6 Å². The SMILES string of the molecule is CC(=O)Nc1ccc([C@H]2c3c(c4ccccc4oc3=O)Nc3ccc4ccccc4c32)cc1. The molecule has 0 radical (unpaired) electrons. The van der Waals surface area contributed by atoms with Crippen LogP contribution in [-0.4, -0.2) is 5.91 Å². The van der Waals surface area contributed by atoms with Crippen molar-refractivity contribution in [2.24, 2.45) is 0 Å². The summed E-state index contributed by atoms with van der Waals surface area (Å²) in [4.78, 5) is 24.8. The van der Waals surface area contributed by atoms with E-state index in [2.05, 4.69) is 34.9 Å². The van der Waals surface area contributed by atoms with E-state index in [0.29, 0.717) is 16.8 Å². The van der Waals surface area contributed by atoms with Gasteiger partial charge in [0, 0.05) is 29.6 Å². The van der Waals surface area contributed by atoms with Crippen molar-refractivity contribution in [2.75, 3.05) is 10.6 Å². The number of anilines is 3. The zero-order valence-corrected chi connectivity index (χ0v) is 17.9. The predicted octanol–water partition coefficient (Wildman–Crippen LogP) is 6.14. The number of carbonyl (C=O) groups is 1. The zero-order chi connectivity index (χ0) is 22.5. The summed E-state index contributed by atoms with van der Waals surface area (Å²) in [5.74, 6) is -0.451. The van der Waals surface area contributed by atoms with Gasteiger partial charge in [-0.2, -0.15) is 0 Å². The van der Waals surface area contributed by atoms with Crippen LogP contribution in [0.3, 0.4) is 0 Å². The highest BCUT2D eigenvalue weighted by Crippen LogP contribution is 2.48. The molecule has 0 bridgehead atoms. The van der Waals surface area contributed by atoms with Gasteiger partial charge in [0.1, 0.15) is 5.58 Å². The topological polar surface area (TPSA) is 71.3 Å². The number of hydrogen-bond donors (Lipinski definition) is 2. The first-order chi connectivity index (χ1) is 16.1. The molecule has 1 atom stereocenters. The lowest BCUT2D eigenvalue weighted by atomic mass is 9.79. The van der Waals surface area contributed by atoms with Gasteiger partial charge >= 0.3 is 5.63 Å². The van der Waals surface area contributed by atoms with Crippen LogP contribution in [0.1, 0.15) is 29.5 Å². The molecule has 5 nitrogen and oxygen atoms in total. The molecule has 0 fully saturated rings. The molecule has 0 saturated heterocycles. The number of nitrogens with one attached hydrogen (secondary N) is 2. The molecule has 5 aromatic rings. The Bertz CT molecular complexity index is 1620. The lowest BCUT2D eigenvalue weighted by molar-refractivity contribution is -0.114. The largest absolute Gasteiger partial charge is 0.422 e. The van der Waals surface area contributed by atoms with Gasteiger partial charge in [0.2, 0.25) is 5.91 Å². The molecule has 33 heavy (non-hydrogen) atoms. The van der Waals surface area contributed by atoms with Crippen LogP contribution in [0.4, 0.5) is 17.1 Å². The molecule has 0 aliphatic carbocycles. The summed E-state index contributed by atoms with van der Waals surface area (Å²) in [5, 5.41) is 9.39. The number of fused-ring (bicyclic) bond motifs is 6. The summed E-state index contributed by atoms with van der Waals surface area (Å²) in [6.07, 6.45) is 0. The van der Waals surface area contributed by atoms with Crippen LogP contribution < -0.4 is 16.3 Å². The minimum absolute atomic E-state index is 0.126. The fourth-order valence-electron chi connectivity index (χ4n) is 4.85. The Morgan fingerprint density at radius 1 is 0.848 bits per heavy atom. The van der Waals surface area contributed by atoms with Gasteiger partial charge in [-0.3, -0.25) is 4.79 Å². The maximum atomic E-state index is 13.4.